The summed E-state index contributed by atoms with van der Waals surface area (Å²) in [6, 6.07) is 7.00. The number of thioether (sulfide) groups is 1. The molecule has 2 amide bonds. The summed E-state index contributed by atoms with van der Waals surface area (Å²) in [5, 5.41) is 3.70. The van der Waals surface area contributed by atoms with Gasteiger partial charge in [-0.2, -0.15) is 0 Å². The number of thiocarbonyl (C=S) groups is 1. The van der Waals surface area contributed by atoms with Gasteiger partial charge in [0, 0.05) is 5.69 Å². The molecule has 0 saturated carbocycles. The highest BCUT2D eigenvalue weighted by molar-refractivity contribution is 8.25. The van der Waals surface area contributed by atoms with Gasteiger partial charge in [-0.05, 0) is 19.1 Å². The highest BCUT2D eigenvalue weighted by atomic mass is 32.2. The second kappa shape index (κ2) is 5.50. The lowest BCUT2D eigenvalue weighted by atomic mass is 10.2. The molecule has 2 N–H and O–H groups in total. The van der Waals surface area contributed by atoms with Crippen LogP contribution in [0.2, 0.25) is 0 Å². The predicted octanol–water partition coefficient (Wildman–Crippen LogP) is 1.02. The third-order valence-electron chi connectivity index (χ3n) is 2.46. The summed E-state index contributed by atoms with van der Waals surface area (Å²) in [4.78, 5) is 35.0. The molecule has 0 aliphatic carbocycles. The molecule has 0 bridgehead atoms. The molecule has 1 heterocycles. The van der Waals surface area contributed by atoms with Gasteiger partial charge in [0.05, 0.1) is 0 Å². The summed E-state index contributed by atoms with van der Waals surface area (Å²) in [6.45, 7) is 1.91. The molecule has 19 heavy (non-hydrogen) atoms. The highest BCUT2D eigenvalue weighted by Crippen LogP contribution is 2.20. The zero-order valence-corrected chi connectivity index (χ0v) is 11.6. The Hall–Kier alpha value is -1.73. The van der Waals surface area contributed by atoms with Crippen LogP contribution in [-0.4, -0.2) is 27.2 Å². The van der Waals surface area contributed by atoms with Gasteiger partial charge in [0.25, 0.3) is 5.91 Å². The summed E-state index contributed by atoms with van der Waals surface area (Å²) in [5.41, 5.74) is 1.55. The number of anilines is 1. The molecule has 2 rings (SSSR count). The topological polar surface area (TPSA) is 75.3 Å². The highest BCUT2D eigenvalue weighted by Gasteiger charge is 2.38. The molecule has 1 aliphatic heterocycles. The summed E-state index contributed by atoms with van der Waals surface area (Å²) in [7, 11) is 0. The minimum Gasteiger partial charge on any atom is -0.319 e. The number of Topliss-reactive ketones (excluding diaryl/α,β-unsaturated/α-hetero) is 1. The molecule has 1 aliphatic rings. The number of ketones is 1. The zero-order valence-electron chi connectivity index (χ0n) is 9.93. The van der Waals surface area contributed by atoms with Crippen molar-refractivity contribution in [1.29, 1.82) is 0 Å². The fourth-order valence-corrected chi connectivity index (χ4v) is 2.62. The molecule has 7 heteroatoms. The maximum Gasteiger partial charge on any atom is 0.293 e. The quantitative estimate of drug-likeness (QED) is 0.494. The van der Waals surface area contributed by atoms with E-state index in [2.05, 4.69) is 10.6 Å². The van der Waals surface area contributed by atoms with Gasteiger partial charge >= 0.3 is 0 Å². The maximum atomic E-state index is 11.8. The minimum absolute atomic E-state index is 0.214. The van der Waals surface area contributed by atoms with Crippen molar-refractivity contribution in [3.8, 4) is 0 Å². The lowest BCUT2D eigenvalue weighted by Gasteiger charge is -2.06. The Balaban J connectivity index is 2.04. The molecule has 0 spiro atoms. The number of rotatable bonds is 3. The van der Waals surface area contributed by atoms with Crippen LogP contribution >= 0.6 is 24.0 Å². The molecule has 1 unspecified atom stereocenters. The molecule has 98 valence electrons. The first kappa shape index (κ1) is 13.7. The SMILES string of the molecule is Cc1ccc(NC(=O)C(=O)C2SC(=S)NC2=O)cc1. The summed E-state index contributed by atoms with van der Waals surface area (Å²) in [5.74, 6) is -2.16. The second-order valence-corrected chi connectivity index (χ2v) is 5.74. The van der Waals surface area contributed by atoms with E-state index in [0.29, 0.717) is 5.69 Å². The number of nitrogens with one attached hydrogen (secondary N) is 2. The van der Waals surface area contributed by atoms with Gasteiger partial charge in [-0.15, -0.1) is 0 Å². The Morgan fingerprint density at radius 2 is 1.95 bits per heavy atom. The normalized spacial score (nSPS) is 18.1. The summed E-state index contributed by atoms with van der Waals surface area (Å²) >= 11 is 5.65. The second-order valence-electron chi connectivity index (χ2n) is 3.96. The first-order chi connectivity index (χ1) is 8.97. The summed E-state index contributed by atoms with van der Waals surface area (Å²) < 4.78 is 0.214. The van der Waals surface area contributed by atoms with Gasteiger partial charge in [0.1, 0.15) is 4.32 Å². The van der Waals surface area contributed by atoms with Crippen LogP contribution in [0.3, 0.4) is 0 Å². The zero-order chi connectivity index (χ0) is 14.0. The van der Waals surface area contributed by atoms with Crippen molar-refractivity contribution in [2.75, 3.05) is 5.32 Å². The van der Waals surface area contributed by atoms with Crippen LogP contribution in [0.5, 0.6) is 0 Å². The van der Waals surface area contributed by atoms with Crippen molar-refractivity contribution in [2.45, 2.75) is 12.2 Å². The van der Waals surface area contributed by atoms with Crippen LogP contribution in [0, 0.1) is 6.92 Å². The molecule has 1 saturated heterocycles. The molecule has 0 aromatic heterocycles. The van der Waals surface area contributed by atoms with E-state index in [9.17, 15) is 14.4 Å². The van der Waals surface area contributed by atoms with Gasteiger partial charge in [0.2, 0.25) is 11.7 Å². The number of carbonyl (C=O) groups is 3. The van der Waals surface area contributed by atoms with E-state index in [1.54, 1.807) is 12.1 Å². The van der Waals surface area contributed by atoms with Crippen molar-refractivity contribution < 1.29 is 14.4 Å². The maximum absolute atomic E-state index is 11.8. The number of carbonyl (C=O) groups excluding carboxylic acids is 3. The smallest absolute Gasteiger partial charge is 0.293 e. The van der Waals surface area contributed by atoms with E-state index in [0.717, 1.165) is 17.3 Å². The molecular weight excluding hydrogens is 284 g/mol. The monoisotopic (exact) mass is 294 g/mol. The van der Waals surface area contributed by atoms with Crippen molar-refractivity contribution >= 4 is 51.6 Å². The van der Waals surface area contributed by atoms with Gasteiger partial charge in [-0.25, -0.2) is 0 Å². The molecule has 5 nitrogen and oxygen atoms in total. The Morgan fingerprint density at radius 1 is 1.32 bits per heavy atom. The van der Waals surface area contributed by atoms with Crippen molar-refractivity contribution in [3.63, 3.8) is 0 Å². The number of aryl methyl sites for hydroxylation is 1. The van der Waals surface area contributed by atoms with E-state index in [-0.39, 0.29) is 4.32 Å². The molecule has 1 atom stereocenters. The van der Waals surface area contributed by atoms with Crippen molar-refractivity contribution in [3.05, 3.63) is 29.8 Å². The van der Waals surface area contributed by atoms with E-state index >= 15 is 0 Å². The third kappa shape index (κ3) is 3.18. The number of hydrogen-bond donors (Lipinski definition) is 2. The van der Waals surface area contributed by atoms with Crippen LogP contribution in [0.15, 0.2) is 24.3 Å². The number of benzene rings is 1. The van der Waals surface area contributed by atoms with Crippen LogP contribution in [0.25, 0.3) is 0 Å². The fourth-order valence-electron chi connectivity index (χ4n) is 1.48. The van der Waals surface area contributed by atoms with Gasteiger partial charge in [-0.1, -0.05) is 41.7 Å². The van der Waals surface area contributed by atoms with Crippen molar-refractivity contribution in [2.24, 2.45) is 0 Å². The van der Waals surface area contributed by atoms with Crippen LogP contribution in [-0.2, 0) is 14.4 Å². The van der Waals surface area contributed by atoms with Gasteiger partial charge in [0.15, 0.2) is 5.25 Å². The molecule has 1 aromatic carbocycles. The van der Waals surface area contributed by atoms with Crippen LogP contribution in [0.1, 0.15) is 5.56 Å². The van der Waals surface area contributed by atoms with E-state index in [4.69, 9.17) is 12.2 Å². The lowest BCUT2D eigenvalue weighted by molar-refractivity contribution is -0.136. The van der Waals surface area contributed by atoms with E-state index < -0.39 is 22.8 Å². The Kier molecular flexibility index (Phi) is 3.96. The Morgan fingerprint density at radius 3 is 2.47 bits per heavy atom. The third-order valence-corrected chi connectivity index (χ3v) is 3.83. The van der Waals surface area contributed by atoms with E-state index in [1.807, 2.05) is 19.1 Å². The van der Waals surface area contributed by atoms with E-state index in [1.165, 1.54) is 0 Å². The first-order valence-electron chi connectivity index (χ1n) is 5.41. The molecule has 1 fully saturated rings. The largest absolute Gasteiger partial charge is 0.319 e. The average molecular weight is 294 g/mol. The fraction of sp³-hybridized carbons (Fsp3) is 0.167. The predicted molar refractivity (Wildman–Crippen MR) is 76.9 cm³/mol. The standard InChI is InChI=1S/C12H10N2O3S2/c1-6-2-4-7(5-3-6)13-10(16)8(15)9-11(17)14-12(18)19-9/h2-5,9H,1H3,(H,13,16)(H,14,17,18). The van der Waals surface area contributed by atoms with Crippen LogP contribution < -0.4 is 10.6 Å². The van der Waals surface area contributed by atoms with Gasteiger partial charge in [-0.3, -0.25) is 14.4 Å². The Bertz CT molecular complexity index is 569. The first-order valence-corrected chi connectivity index (χ1v) is 6.69. The lowest BCUT2D eigenvalue weighted by Crippen LogP contribution is -2.37. The molecule has 0 radical (unpaired) electrons. The van der Waals surface area contributed by atoms with Crippen molar-refractivity contribution in [1.82, 2.24) is 5.32 Å². The number of amides is 2. The number of hydrogen-bond acceptors (Lipinski definition) is 5. The summed E-state index contributed by atoms with van der Waals surface area (Å²) in [6.07, 6.45) is 0. The minimum atomic E-state index is -1.09. The Labute approximate surface area is 119 Å². The molecular formula is C12H10N2O3S2. The molecule has 1 aromatic rings. The van der Waals surface area contributed by atoms with Crippen LogP contribution in [0.4, 0.5) is 5.69 Å². The van der Waals surface area contributed by atoms with Gasteiger partial charge < -0.3 is 10.6 Å². The average Bonchev–Trinajstić information content (AvgIpc) is 2.70.